The first kappa shape index (κ1) is 19.9. The Balaban J connectivity index is 2.04. The van der Waals surface area contributed by atoms with Crippen LogP contribution in [-0.4, -0.2) is 34.0 Å². The van der Waals surface area contributed by atoms with Crippen molar-refractivity contribution in [1.82, 2.24) is 4.72 Å². The fraction of sp³-hybridized carbons (Fsp3) is 0.278. The summed E-state index contributed by atoms with van der Waals surface area (Å²) in [6.45, 7) is 3.58. The van der Waals surface area contributed by atoms with E-state index < -0.39 is 15.8 Å². The number of nitrogens with zero attached hydrogens (tertiary/aromatic N) is 1. The Labute approximate surface area is 152 Å². The van der Waals surface area contributed by atoms with E-state index in [9.17, 15) is 17.6 Å². The van der Waals surface area contributed by atoms with Crippen LogP contribution < -0.4 is 14.4 Å². The second kappa shape index (κ2) is 8.77. The molecule has 1 amide bonds. The van der Waals surface area contributed by atoms with Crippen molar-refractivity contribution in [2.24, 2.45) is 0 Å². The monoisotopic (exact) mass is 380 g/mol. The van der Waals surface area contributed by atoms with Crippen molar-refractivity contribution >= 4 is 21.6 Å². The Morgan fingerprint density at radius 3 is 2.38 bits per heavy atom. The molecule has 2 rings (SSSR count). The van der Waals surface area contributed by atoms with Crippen LogP contribution in [-0.2, 0) is 14.8 Å². The van der Waals surface area contributed by atoms with Crippen molar-refractivity contribution in [2.75, 3.05) is 24.6 Å². The molecule has 0 aliphatic heterocycles. The van der Waals surface area contributed by atoms with Gasteiger partial charge in [-0.15, -0.1) is 0 Å². The Morgan fingerprint density at radius 1 is 1.15 bits per heavy atom. The number of carbonyl (C=O) groups is 1. The van der Waals surface area contributed by atoms with Gasteiger partial charge < -0.3 is 9.64 Å². The molecule has 0 aliphatic rings. The van der Waals surface area contributed by atoms with Gasteiger partial charge in [-0.05, 0) is 43.3 Å². The van der Waals surface area contributed by atoms with Gasteiger partial charge in [0.1, 0.15) is 11.6 Å². The van der Waals surface area contributed by atoms with Crippen LogP contribution in [0.25, 0.3) is 0 Å². The third-order valence-electron chi connectivity index (χ3n) is 3.60. The molecule has 1 N–H and O–H groups in total. The van der Waals surface area contributed by atoms with Gasteiger partial charge in [-0.1, -0.05) is 12.1 Å². The quantitative estimate of drug-likeness (QED) is 0.764. The summed E-state index contributed by atoms with van der Waals surface area (Å²) in [5, 5.41) is 0. The second-order valence-corrected chi connectivity index (χ2v) is 7.19. The average Bonchev–Trinajstić information content (AvgIpc) is 2.60. The molecule has 0 unspecified atom stereocenters. The number of ether oxygens (including phenoxy) is 1. The third-order valence-corrected chi connectivity index (χ3v) is 5.07. The van der Waals surface area contributed by atoms with Gasteiger partial charge in [0.25, 0.3) is 0 Å². The minimum absolute atomic E-state index is 0.00647. The Kier molecular flexibility index (Phi) is 6.70. The van der Waals surface area contributed by atoms with Crippen molar-refractivity contribution in [3.05, 3.63) is 54.3 Å². The van der Waals surface area contributed by atoms with Gasteiger partial charge in [0.05, 0.1) is 17.2 Å². The number of carbonyl (C=O) groups excluding carboxylic acids is 1. The zero-order valence-corrected chi connectivity index (χ0v) is 15.4. The number of rotatable bonds is 8. The first-order valence-corrected chi connectivity index (χ1v) is 9.58. The van der Waals surface area contributed by atoms with Gasteiger partial charge in [-0.3, -0.25) is 4.79 Å². The summed E-state index contributed by atoms with van der Waals surface area (Å²) in [6.07, 6.45) is 0. The van der Waals surface area contributed by atoms with Crippen molar-refractivity contribution in [1.29, 1.82) is 0 Å². The maximum absolute atomic E-state index is 13.9. The molecule has 0 aromatic heterocycles. The van der Waals surface area contributed by atoms with E-state index in [-0.39, 0.29) is 29.6 Å². The summed E-state index contributed by atoms with van der Waals surface area (Å²) in [7, 11) is -3.74. The van der Waals surface area contributed by atoms with Gasteiger partial charge >= 0.3 is 0 Å². The highest BCUT2D eigenvalue weighted by atomic mass is 32.2. The van der Waals surface area contributed by atoms with E-state index >= 15 is 0 Å². The number of sulfonamides is 1. The zero-order valence-electron chi connectivity index (χ0n) is 14.6. The normalized spacial score (nSPS) is 11.2. The summed E-state index contributed by atoms with van der Waals surface area (Å²) in [4.78, 5) is 13.1. The van der Waals surface area contributed by atoms with Crippen molar-refractivity contribution in [3.63, 3.8) is 0 Å². The molecule has 6 nitrogen and oxygen atoms in total. The molecule has 0 saturated carbocycles. The lowest BCUT2D eigenvalue weighted by molar-refractivity contribution is -0.116. The molecule has 0 aliphatic carbocycles. The SMILES string of the molecule is CCOc1ccc(S(=O)(=O)NCCN(C(C)=O)c2ccccc2F)cc1. The maximum atomic E-state index is 13.9. The summed E-state index contributed by atoms with van der Waals surface area (Å²) in [6, 6.07) is 11.9. The highest BCUT2D eigenvalue weighted by Crippen LogP contribution is 2.19. The fourth-order valence-corrected chi connectivity index (χ4v) is 3.40. The van der Waals surface area contributed by atoms with Crippen LogP contribution in [0.15, 0.2) is 53.4 Å². The average molecular weight is 380 g/mol. The van der Waals surface area contributed by atoms with E-state index in [0.717, 1.165) is 0 Å². The second-order valence-electron chi connectivity index (χ2n) is 5.42. The largest absolute Gasteiger partial charge is 0.494 e. The first-order valence-electron chi connectivity index (χ1n) is 8.10. The van der Waals surface area contributed by atoms with Crippen molar-refractivity contribution in [3.8, 4) is 5.75 Å². The number of benzene rings is 2. The van der Waals surface area contributed by atoms with Crippen LogP contribution in [0.4, 0.5) is 10.1 Å². The molecular weight excluding hydrogens is 359 g/mol. The molecular formula is C18H21FN2O4S. The van der Waals surface area contributed by atoms with Gasteiger partial charge in [-0.25, -0.2) is 17.5 Å². The fourth-order valence-electron chi connectivity index (χ4n) is 2.37. The summed E-state index contributed by atoms with van der Waals surface area (Å²) >= 11 is 0. The van der Waals surface area contributed by atoms with Crippen molar-refractivity contribution in [2.45, 2.75) is 18.7 Å². The molecule has 0 spiro atoms. The van der Waals surface area contributed by atoms with Crippen LogP contribution in [0.1, 0.15) is 13.8 Å². The molecule has 2 aromatic carbocycles. The lowest BCUT2D eigenvalue weighted by atomic mass is 10.2. The highest BCUT2D eigenvalue weighted by molar-refractivity contribution is 7.89. The Morgan fingerprint density at radius 2 is 1.81 bits per heavy atom. The number of halogens is 1. The third kappa shape index (κ3) is 5.03. The lowest BCUT2D eigenvalue weighted by Gasteiger charge is -2.21. The minimum atomic E-state index is -3.74. The van der Waals surface area contributed by atoms with Crippen LogP contribution in [0.2, 0.25) is 0 Å². The number of para-hydroxylation sites is 1. The standard InChI is InChI=1S/C18H21FN2O4S/c1-3-25-15-8-10-16(11-9-15)26(23,24)20-12-13-21(14(2)22)18-7-5-4-6-17(18)19/h4-11,20H,3,12-13H2,1-2H3. The predicted molar refractivity (Wildman–Crippen MR) is 97.2 cm³/mol. The van der Waals surface area contributed by atoms with Gasteiger partial charge in [0.2, 0.25) is 15.9 Å². The van der Waals surface area contributed by atoms with Crippen LogP contribution >= 0.6 is 0 Å². The molecule has 8 heteroatoms. The minimum Gasteiger partial charge on any atom is -0.494 e. The van der Waals surface area contributed by atoms with E-state index in [2.05, 4.69) is 4.72 Å². The first-order chi connectivity index (χ1) is 12.3. The van der Waals surface area contributed by atoms with E-state index in [1.807, 2.05) is 6.92 Å². The van der Waals surface area contributed by atoms with E-state index in [0.29, 0.717) is 12.4 Å². The molecule has 0 atom stereocenters. The summed E-state index contributed by atoms with van der Waals surface area (Å²) in [5.41, 5.74) is 0.111. The Hall–Kier alpha value is -2.45. The molecule has 140 valence electrons. The smallest absolute Gasteiger partial charge is 0.240 e. The Bertz CT molecular complexity index is 854. The van der Waals surface area contributed by atoms with Crippen molar-refractivity contribution < 1.29 is 22.3 Å². The molecule has 0 heterocycles. The van der Waals surface area contributed by atoms with Crippen LogP contribution in [0, 0.1) is 5.82 Å². The molecule has 2 aromatic rings. The zero-order chi connectivity index (χ0) is 19.2. The molecule has 0 fully saturated rings. The van der Waals surface area contributed by atoms with Gasteiger partial charge in [0, 0.05) is 20.0 Å². The topological polar surface area (TPSA) is 75.7 Å². The number of amides is 1. The lowest BCUT2D eigenvalue weighted by Crippen LogP contribution is -2.38. The number of anilines is 1. The number of nitrogens with one attached hydrogen (secondary N) is 1. The van der Waals surface area contributed by atoms with Crippen LogP contribution in [0.3, 0.4) is 0 Å². The highest BCUT2D eigenvalue weighted by Gasteiger charge is 2.18. The predicted octanol–water partition coefficient (Wildman–Crippen LogP) is 2.56. The van der Waals surface area contributed by atoms with Gasteiger partial charge in [0.15, 0.2) is 0 Å². The summed E-state index contributed by atoms with van der Waals surface area (Å²) in [5.74, 6) is -0.346. The van der Waals surface area contributed by atoms with E-state index in [1.165, 1.54) is 42.2 Å². The molecule has 0 radical (unpaired) electrons. The van der Waals surface area contributed by atoms with E-state index in [4.69, 9.17) is 4.74 Å². The maximum Gasteiger partial charge on any atom is 0.240 e. The molecule has 0 saturated heterocycles. The van der Waals surface area contributed by atoms with E-state index in [1.54, 1.807) is 18.2 Å². The molecule has 0 bridgehead atoms. The van der Waals surface area contributed by atoms with Crippen LogP contribution in [0.5, 0.6) is 5.75 Å². The molecule has 26 heavy (non-hydrogen) atoms. The number of hydrogen-bond acceptors (Lipinski definition) is 4. The number of hydrogen-bond donors (Lipinski definition) is 1. The van der Waals surface area contributed by atoms with Gasteiger partial charge in [-0.2, -0.15) is 0 Å². The summed E-state index contributed by atoms with van der Waals surface area (Å²) < 4.78 is 46.2.